The van der Waals surface area contributed by atoms with Crippen LogP contribution < -0.4 is 10.0 Å². The molecule has 0 amide bonds. The maximum atomic E-state index is 12.3. The standard InChI is InChI=1S/C12H21BrN2O2S3/c1-5-14-7-9-6-10(11(13)19-9)20(16,17)15-8-12(2,3)18-4/h6,14-15H,5,7-8H2,1-4H3. The van der Waals surface area contributed by atoms with E-state index < -0.39 is 10.0 Å². The highest BCUT2D eigenvalue weighted by Crippen LogP contribution is 2.32. The lowest BCUT2D eigenvalue weighted by atomic mass is 10.2. The average Bonchev–Trinajstić information content (AvgIpc) is 2.76. The van der Waals surface area contributed by atoms with Crippen molar-refractivity contribution in [2.45, 2.75) is 37.0 Å². The minimum Gasteiger partial charge on any atom is -0.312 e. The van der Waals surface area contributed by atoms with Gasteiger partial charge >= 0.3 is 0 Å². The van der Waals surface area contributed by atoms with Crippen molar-refractivity contribution in [3.8, 4) is 0 Å². The molecule has 4 nitrogen and oxygen atoms in total. The van der Waals surface area contributed by atoms with Crippen molar-refractivity contribution in [2.24, 2.45) is 0 Å². The van der Waals surface area contributed by atoms with E-state index in [1.54, 1.807) is 17.8 Å². The number of hydrogen-bond donors (Lipinski definition) is 2. The zero-order valence-corrected chi connectivity index (χ0v) is 16.2. The Bertz CT molecular complexity index is 541. The van der Waals surface area contributed by atoms with Crippen LogP contribution in [0, 0.1) is 0 Å². The first-order valence-electron chi connectivity index (χ1n) is 6.25. The summed E-state index contributed by atoms with van der Waals surface area (Å²) in [5, 5.41) is 3.19. The number of halogens is 1. The molecule has 0 aliphatic carbocycles. The Labute approximate surface area is 138 Å². The summed E-state index contributed by atoms with van der Waals surface area (Å²) in [4.78, 5) is 1.33. The Morgan fingerprint density at radius 3 is 2.65 bits per heavy atom. The van der Waals surface area contributed by atoms with Gasteiger partial charge in [-0.2, -0.15) is 11.8 Å². The van der Waals surface area contributed by atoms with Gasteiger partial charge in [0.15, 0.2) is 0 Å². The molecule has 0 aliphatic heterocycles. The molecule has 20 heavy (non-hydrogen) atoms. The molecule has 0 aliphatic rings. The zero-order valence-electron chi connectivity index (χ0n) is 12.1. The van der Waals surface area contributed by atoms with E-state index in [1.165, 1.54) is 11.3 Å². The van der Waals surface area contributed by atoms with Crippen LogP contribution in [0.1, 0.15) is 25.6 Å². The van der Waals surface area contributed by atoms with Crippen molar-refractivity contribution in [1.82, 2.24) is 10.0 Å². The molecule has 116 valence electrons. The monoisotopic (exact) mass is 400 g/mol. The fourth-order valence-corrected chi connectivity index (χ4v) is 5.50. The van der Waals surface area contributed by atoms with Crippen LogP contribution in [0.15, 0.2) is 14.7 Å². The van der Waals surface area contributed by atoms with Gasteiger partial charge in [-0.05, 0) is 48.6 Å². The summed E-state index contributed by atoms with van der Waals surface area (Å²) >= 11 is 6.44. The van der Waals surface area contributed by atoms with Crippen molar-refractivity contribution < 1.29 is 8.42 Å². The van der Waals surface area contributed by atoms with Crippen LogP contribution in [0.2, 0.25) is 0 Å². The summed E-state index contributed by atoms with van der Waals surface area (Å²) in [7, 11) is -3.47. The van der Waals surface area contributed by atoms with Gasteiger partial charge < -0.3 is 5.32 Å². The fourth-order valence-electron chi connectivity index (χ4n) is 1.34. The highest BCUT2D eigenvalue weighted by molar-refractivity contribution is 9.11. The van der Waals surface area contributed by atoms with E-state index >= 15 is 0 Å². The molecule has 0 atom stereocenters. The van der Waals surface area contributed by atoms with Gasteiger partial charge in [0.1, 0.15) is 4.90 Å². The van der Waals surface area contributed by atoms with Crippen LogP contribution in [-0.4, -0.2) is 32.5 Å². The molecule has 0 fully saturated rings. The SMILES string of the molecule is CCNCc1cc(S(=O)(=O)NCC(C)(C)SC)c(Br)s1. The summed E-state index contributed by atoms with van der Waals surface area (Å²) in [6, 6.07) is 1.73. The Morgan fingerprint density at radius 1 is 1.45 bits per heavy atom. The molecule has 0 unspecified atom stereocenters. The second-order valence-electron chi connectivity index (χ2n) is 4.92. The highest BCUT2D eigenvalue weighted by atomic mass is 79.9. The summed E-state index contributed by atoms with van der Waals surface area (Å²) in [5.74, 6) is 0. The fraction of sp³-hybridized carbons (Fsp3) is 0.667. The van der Waals surface area contributed by atoms with Crippen molar-refractivity contribution in [1.29, 1.82) is 0 Å². The Balaban J connectivity index is 2.84. The Kier molecular flexibility index (Phi) is 7.01. The van der Waals surface area contributed by atoms with Crippen LogP contribution in [0.3, 0.4) is 0 Å². The summed E-state index contributed by atoms with van der Waals surface area (Å²) < 4.78 is 27.9. The molecule has 0 radical (unpaired) electrons. The largest absolute Gasteiger partial charge is 0.312 e. The molecule has 0 saturated carbocycles. The number of sulfonamides is 1. The maximum Gasteiger partial charge on any atom is 0.242 e. The normalized spacial score (nSPS) is 12.8. The molecule has 0 aromatic carbocycles. The molecule has 1 aromatic rings. The van der Waals surface area contributed by atoms with Gasteiger partial charge in [-0.1, -0.05) is 6.92 Å². The number of rotatable bonds is 8. The topological polar surface area (TPSA) is 58.2 Å². The number of nitrogens with one attached hydrogen (secondary N) is 2. The summed E-state index contributed by atoms with van der Waals surface area (Å²) in [5.41, 5.74) is 0. The third-order valence-electron chi connectivity index (χ3n) is 2.79. The van der Waals surface area contributed by atoms with E-state index in [0.29, 0.717) is 21.8 Å². The van der Waals surface area contributed by atoms with Crippen LogP contribution in [0.25, 0.3) is 0 Å². The van der Waals surface area contributed by atoms with Crippen LogP contribution in [-0.2, 0) is 16.6 Å². The van der Waals surface area contributed by atoms with Crippen molar-refractivity contribution in [3.63, 3.8) is 0 Å². The maximum absolute atomic E-state index is 12.3. The van der Waals surface area contributed by atoms with Gasteiger partial charge in [0.05, 0.1) is 3.79 Å². The summed E-state index contributed by atoms with van der Waals surface area (Å²) in [6.07, 6.45) is 1.98. The lowest BCUT2D eigenvalue weighted by Gasteiger charge is -2.22. The van der Waals surface area contributed by atoms with Gasteiger partial charge in [0.25, 0.3) is 0 Å². The van der Waals surface area contributed by atoms with E-state index in [0.717, 1.165) is 11.4 Å². The average molecular weight is 401 g/mol. The third-order valence-corrected chi connectivity index (χ3v) is 7.69. The second kappa shape index (κ2) is 7.60. The molecule has 1 rings (SSSR count). The molecule has 1 heterocycles. The van der Waals surface area contributed by atoms with E-state index in [1.807, 2.05) is 27.0 Å². The zero-order chi connectivity index (χ0) is 15.4. The third kappa shape index (κ3) is 5.31. The van der Waals surface area contributed by atoms with Gasteiger partial charge in [-0.15, -0.1) is 11.3 Å². The lowest BCUT2D eigenvalue weighted by molar-refractivity contribution is 0.570. The van der Waals surface area contributed by atoms with Crippen molar-refractivity contribution in [2.75, 3.05) is 19.3 Å². The molecule has 2 N–H and O–H groups in total. The van der Waals surface area contributed by atoms with E-state index in [4.69, 9.17) is 0 Å². The molecule has 8 heteroatoms. The van der Waals surface area contributed by atoms with E-state index in [2.05, 4.69) is 26.0 Å². The first-order valence-corrected chi connectivity index (χ1v) is 10.6. The van der Waals surface area contributed by atoms with Gasteiger partial charge in [-0.3, -0.25) is 0 Å². The molecule has 0 spiro atoms. The second-order valence-corrected chi connectivity index (χ2v) is 10.6. The Hall–Kier alpha value is 0.400. The minimum atomic E-state index is -3.47. The predicted octanol–water partition coefficient (Wildman–Crippen LogP) is 3.04. The molecular weight excluding hydrogens is 380 g/mol. The van der Waals surface area contributed by atoms with Crippen molar-refractivity contribution in [3.05, 3.63) is 14.7 Å². The van der Waals surface area contributed by atoms with E-state index in [-0.39, 0.29) is 4.75 Å². The minimum absolute atomic E-state index is 0.123. The van der Waals surface area contributed by atoms with Crippen LogP contribution in [0.4, 0.5) is 0 Å². The van der Waals surface area contributed by atoms with Gasteiger partial charge in [0, 0.05) is 22.7 Å². The molecular formula is C12H21BrN2O2S3. The highest BCUT2D eigenvalue weighted by Gasteiger charge is 2.24. The Morgan fingerprint density at radius 2 is 2.10 bits per heavy atom. The number of hydrogen-bond acceptors (Lipinski definition) is 5. The lowest BCUT2D eigenvalue weighted by Crippen LogP contribution is -2.36. The van der Waals surface area contributed by atoms with Crippen molar-refractivity contribution >= 4 is 49.1 Å². The molecule has 1 aromatic heterocycles. The van der Waals surface area contributed by atoms with Crippen LogP contribution >= 0.6 is 39.0 Å². The van der Waals surface area contributed by atoms with Crippen LogP contribution in [0.5, 0.6) is 0 Å². The first kappa shape index (κ1) is 18.4. The van der Waals surface area contributed by atoms with E-state index in [9.17, 15) is 8.42 Å². The number of thiophene rings is 1. The van der Waals surface area contributed by atoms with Gasteiger partial charge in [0.2, 0.25) is 10.0 Å². The number of thioether (sulfide) groups is 1. The smallest absolute Gasteiger partial charge is 0.242 e. The quantitative estimate of drug-likeness (QED) is 0.703. The summed E-state index contributed by atoms with van der Waals surface area (Å²) in [6.45, 7) is 8.00. The predicted molar refractivity (Wildman–Crippen MR) is 92.2 cm³/mol. The van der Waals surface area contributed by atoms with Gasteiger partial charge in [-0.25, -0.2) is 13.1 Å². The molecule has 0 saturated heterocycles. The molecule has 0 bridgehead atoms. The first-order chi connectivity index (χ1) is 9.22.